The molecule has 102 valence electrons. The molecule has 1 aromatic carbocycles. The lowest BCUT2D eigenvalue weighted by Crippen LogP contribution is -2.45. The average molecular weight is 258 g/mol. The number of rotatable bonds is 3. The molecular weight excluding hydrogens is 236 g/mol. The smallest absolute Gasteiger partial charge is 0.142 e. The normalized spacial score (nSPS) is 21.8. The number of nitrogens with zero attached hydrogens (tertiary/aromatic N) is 2. The molecule has 0 bridgehead atoms. The van der Waals surface area contributed by atoms with Crippen LogP contribution < -0.4 is 9.64 Å². The second-order valence-corrected chi connectivity index (χ2v) is 5.78. The van der Waals surface area contributed by atoms with Crippen LogP contribution in [0, 0.1) is 22.7 Å². The second-order valence-electron chi connectivity index (χ2n) is 5.78. The number of para-hydroxylation sites is 2. The molecule has 1 aliphatic heterocycles. The fraction of sp³-hybridized carbons (Fsp3) is 0.562. The van der Waals surface area contributed by atoms with E-state index >= 15 is 0 Å². The summed E-state index contributed by atoms with van der Waals surface area (Å²) in [5, 5.41) is 9.23. The highest BCUT2D eigenvalue weighted by atomic mass is 16.5. The summed E-state index contributed by atoms with van der Waals surface area (Å²) in [4.78, 5) is 2.35. The minimum atomic E-state index is 0.0202. The zero-order valence-electron chi connectivity index (χ0n) is 12.0. The van der Waals surface area contributed by atoms with Crippen LogP contribution in [0.1, 0.15) is 27.2 Å². The SMILES string of the molecule is CCOc1ccccc1N1CCC(C#N)C(C)(C)C1. The first-order chi connectivity index (χ1) is 9.08. The summed E-state index contributed by atoms with van der Waals surface area (Å²) in [5.41, 5.74) is 1.17. The van der Waals surface area contributed by atoms with Crippen LogP contribution in [0.25, 0.3) is 0 Å². The number of benzene rings is 1. The van der Waals surface area contributed by atoms with Gasteiger partial charge in [0.25, 0.3) is 0 Å². The summed E-state index contributed by atoms with van der Waals surface area (Å²) in [6.45, 7) is 8.85. The zero-order valence-corrected chi connectivity index (χ0v) is 12.0. The third kappa shape index (κ3) is 2.84. The van der Waals surface area contributed by atoms with Crippen LogP contribution in [0.2, 0.25) is 0 Å². The lowest BCUT2D eigenvalue weighted by atomic mass is 9.74. The van der Waals surface area contributed by atoms with Crippen molar-refractivity contribution in [3.63, 3.8) is 0 Å². The molecular formula is C16H22N2O. The largest absolute Gasteiger partial charge is 0.492 e. The van der Waals surface area contributed by atoms with Crippen molar-refractivity contribution in [1.29, 1.82) is 5.26 Å². The minimum absolute atomic E-state index is 0.0202. The van der Waals surface area contributed by atoms with Crippen molar-refractivity contribution >= 4 is 5.69 Å². The van der Waals surface area contributed by atoms with Crippen molar-refractivity contribution < 1.29 is 4.74 Å². The molecule has 0 radical (unpaired) electrons. The molecule has 19 heavy (non-hydrogen) atoms. The van der Waals surface area contributed by atoms with Gasteiger partial charge in [-0.25, -0.2) is 0 Å². The van der Waals surface area contributed by atoms with Crippen molar-refractivity contribution in [2.75, 3.05) is 24.6 Å². The molecule has 2 rings (SSSR count). The van der Waals surface area contributed by atoms with Gasteiger partial charge >= 0.3 is 0 Å². The Bertz CT molecular complexity index is 476. The molecule has 1 unspecified atom stereocenters. The molecule has 1 fully saturated rings. The fourth-order valence-corrected chi connectivity index (χ4v) is 2.80. The number of ether oxygens (including phenoxy) is 1. The van der Waals surface area contributed by atoms with E-state index in [1.807, 2.05) is 25.1 Å². The van der Waals surface area contributed by atoms with E-state index in [4.69, 9.17) is 4.74 Å². The van der Waals surface area contributed by atoms with E-state index in [2.05, 4.69) is 30.9 Å². The van der Waals surface area contributed by atoms with Gasteiger partial charge in [0.05, 0.1) is 24.3 Å². The van der Waals surface area contributed by atoms with Crippen molar-refractivity contribution in [3.05, 3.63) is 24.3 Å². The average Bonchev–Trinajstić information content (AvgIpc) is 2.38. The Hall–Kier alpha value is -1.69. The highest BCUT2D eigenvalue weighted by molar-refractivity contribution is 5.59. The third-order valence-electron chi connectivity index (χ3n) is 3.89. The van der Waals surface area contributed by atoms with E-state index in [1.54, 1.807) is 0 Å². The van der Waals surface area contributed by atoms with E-state index in [-0.39, 0.29) is 11.3 Å². The van der Waals surface area contributed by atoms with Gasteiger partial charge in [-0.15, -0.1) is 0 Å². The summed E-state index contributed by atoms with van der Waals surface area (Å²) in [5.74, 6) is 1.08. The monoisotopic (exact) mass is 258 g/mol. The summed E-state index contributed by atoms with van der Waals surface area (Å²) >= 11 is 0. The maximum Gasteiger partial charge on any atom is 0.142 e. The molecule has 1 aromatic rings. The van der Waals surface area contributed by atoms with Crippen molar-refractivity contribution in [1.82, 2.24) is 0 Å². The maximum absolute atomic E-state index is 9.23. The van der Waals surface area contributed by atoms with Gasteiger partial charge in [-0.3, -0.25) is 0 Å². The molecule has 0 aromatic heterocycles. The van der Waals surface area contributed by atoms with E-state index < -0.39 is 0 Å². The van der Waals surface area contributed by atoms with E-state index in [0.29, 0.717) is 6.61 Å². The quantitative estimate of drug-likeness (QED) is 0.833. The van der Waals surface area contributed by atoms with E-state index in [1.165, 1.54) is 0 Å². The molecule has 0 spiro atoms. The fourth-order valence-electron chi connectivity index (χ4n) is 2.80. The molecule has 1 aliphatic rings. The van der Waals surface area contributed by atoms with Gasteiger partial charge in [0.1, 0.15) is 5.75 Å². The second kappa shape index (κ2) is 5.52. The van der Waals surface area contributed by atoms with Crippen LogP contribution in [0.5, 0.6) is 5.75 Å². The molecule has 0 N–H and O–H groups in total. The number of hydrogen-bond donors (Lipinski definition) is 0. The van der Waals surface area contributed by atoms with Crippen LogP contribution in [0.4, 0.5) is 5.69 Å². The van der Waals surface area contributed by atoms with Crippen LogP contribution in [-0.2, 0) is 0 Å². The summed E-state index contributed by atoms with van der Waals surface area (Å²) in [7, 11) is 0. The van der Waals surface area contributed by atoms with Gasteiger partial charge in [-0.05, 0) is 30.9 Å². The van der Waals surface area contributed by atoms with E-state index in [9.17, 15) is 5.26 Å². The Morgan fingerprint density at radius 1 is 1.42 bits per heavy atom. The molecule has 3 heteroatoms. The van der Waals surface area contributed by atoms with Crippen LogP contribution >= 0.6 is 0 Å². The molecule has 1 heterocycles. The Morgan fingerprint density at radius 3 is 2.79 bits per heavy atom. The predicted molar refractivity (Wildman–Crippen MR) is 77.3 cm³/mol. The van der Waals surface area contributed by atoms with Crippen LogP contribution in [0.15, 0.2) is 24.3 Å². The molecule has 3 nitrogen and oxygen atoms in total. The Kier molecular flexibility index (Phi) is 3.99. The van der Waals surface area contributed by atoms with Gasteiger partial charge < -0.3 is 9.64 Å². The lowest BCUT2D eigenvalue weighted by molar-refractivity contribution is 0.224. The van der Waals surface area contributed by atoms with E-state index in [0.717, 1.165) is 30.9 Å². The summed E-state index contributed by atoms with van der Waals surface area (Å²) in [6.07, 6.45) is 0.921. The van der Waals surface area contributed by atoms with Crippen LogP contribution in [-0.4, -0.2) is 19.7 Å². The van der Waals surface area contributed by atoms with Crippen molar-refractivity contribution in [3.8, 4) is 11.8 Å². The molecule has 1 saturated heterocycles. The highest BCUT2D eigenvalue weighted by Crippen LogP contribution is 2.39. The van der Waals surface area contributed by atoms with Gasteiger partial charge in [-0.2, -0.15) is 5.26 Å². The first-order valence-electron chi connectivity index (χ1n) is 6.95. The zero-order chi connectivity index (χ0) is 13.9. The first kappa shape index (κ1) is 13.7. The maximum atomic E-state index is 9.23. The molecule has 0 aliphatic carbocycles. The molecule has 0 saturated carbocycles. The van der Waals surface area contributed by atoms with Crippen LogP contribution in [0.3, 0.4) is 0 Å². The van der Waals surface area contributed by atoms with Gasteiger partial charge in [-0.1, -0.05) is 26.0 Å². The molecule has 1 atom stereocenters. The van der Waals surface area contributed by atoms with Gasteiger partial charge in [0.15, 0.2) is 0 Å². The minimum Gasteiger partial charge on any atom is -0.492 e. The number of nitriles is 1. The Balaban J connectivity index is 2.22. The third-order valence-corrected chi connectivity index (χ3v) is 3.89. The Labute approximate surface area is 115 Å². The lowest BCUT2D eigenvalue weighted by Gasteiger charge is -2.42. The van der Waals surface area contributed by atoms with Gasteiger partial charge in [0.2, 0.25) is 0 Å². The highest BCUT2D eigenvalue weighted by Gasteiger charge is 2.36. The van der Waals surface area contributed by atoms with Gasteiger partial charge in [0, 0.05) is 13.1 Å². The Morgan fingerprint density at radius 2 is 2.16 bits per heavy atom. The number of anilines is 1. The standard InChI is InChI=1S/C16H22N2O/c1-4-19-15-8-6-5-7-14(15)18-10-9-13(11-17)16(2,3)12-18/h5-8,13H,4,9-10,12H2,1-3H3. The molecule has 0 amide bonds. The summed E-state index contributed by atoms with van der Waals surface area (Å²) < 4.78 is 5.70. The number of piperidine rings is 1. The predicted octanol–water partition coefficient (Wildman–Crippen LogP) is 3.46. The first-order valence-corrected chi connectivity index (χ1v) is 6.95. The van der Waals surface area contributed by atoms with Crippen molar-refractivity contribution in [2.24, 2.45) is 11.3 Å². The number of hydrogen-bond acceptors (Lipinski definition) is 3. The summed E-state index contributed by atoms with van der Waals surface area (Å²) in [6, 6.07) is 10.6. The van der Waals surface area contributed by atoms with Crippen molar-refractivity contribution in [2.45, 2.75) is 27.2 Å². The topological polar surface area (TPSA) is 36.3 Å².